The zero-order chi connectivity index (χ0) is 18.0. The van der Waals surface area contributed by atoms with Crippen molar-refractivity contribution in [3.05, 3.63) is 77.4 Å². The summed E-state index contributed by atoms with van der Waals surface area (Å²) in [5.74, 6) is -1.49. The normalized spacial score (nSPS) is 20.7. The molecule has 0 bridgehead atoms. The first-order chi connectivity index (χ1) is 12.0. The molecule has 1 heterocycles. The van der Waals surface area contributed by atoms with Gasteiger partial charge in [-0.2, -0.15) is 0 Å². The molecule has 25 heavy (non-hydrogen) atoms. The Morgan fingerprint density at radius 1 is 1.08 bits per heavy atom. The zero-order valence-corrected chi connectivity index (χ0v) is 13.9. The lowest BCUT2D eigenvalue weighted by Gasteiger charge is -2.26. The quantitative estimate of drug-likeness (QED) is 0.510. The van der Waals surface area contributed by atoms with E-state index < -0.39 is 17.7 Å². The van der Waals surface area contributed by atoms with E-state index in [1.54, 1.807) is 31.2 Å². The van der Waals surface area contributed by atoms with Crippen molar-refractivity contribution in [3.63, 3.8) is 0 Å². The lowest BCUT2D eigenvalue weighted by atomic mass is 9.95. The number of nitrogens with zero attached hydrogens (tertiary/aromatic N) is 1. The van der Waals surface area contributed by atoms with Gasteiger partial charge in [0.15, 0.2) is 0 Å². The summed E-state index contributed by atoms with van der Waals surface area (Å²) in [6.45, 7) is 2.01. The van der Waals surface area contributed by atoms with Crippen molar-refractivity contribution in [2.45, 2.75) is 19.0 Å². The molecule has 0 unspecified atom stereocenters. The van der Waals surface area contributed by atoms with Gasteiger partial charge in [-0.05, 0) is 12.5 Å². The molecule has 3 rings (SSSR count). The zero-order valence-electron chi connectivity index (χ0n) is 13.9. The number of ketones is 1. The Labute approximate surface area is 146 Å². The molecule has 1 saturated heterocycles. The van der Waals surface area contributed by atoms with Crippen LogP contribution in [0.4, 0.5) is 0 Å². The molecule has 1 amide bonds. The molecule has 128 valence electrons. The van der Waals surface area contributed by atoms with Crippen LogP contribution in [0.2, 0.25) is 0 Å². The van der Waals surface area contributed by atoms with E-state index in [1.807, 2.05) is 36.4 Å². The van der Waals surface area contributed by atoms with E-state index in [0.29, 0.717) is 5.56 Å². The number of aliphatic hydroxyl groups excluding tert-OH is 1. The lowest BCUT2D eigenvalue weighted by molar-refractivity contribution is -0.140. The standard InChI is InChI=1S/C20H20N2O3/c1-13(21)12-22-17(14-8-4-2-5-9-14)16(19(24)20(22)25)18(23)15-10-6-3-7-11-15/h2-11,13,17,23H,12,21H2,1H3/t13-,17-/m1/s1. The Morgan fingerprint density at radius 2 is 1.64 bits per heavy atom. The minimum Gasteiger partial charge on any atom is -0.507 e. The summed E-state index contributed by atoms with van der Waals surface area (Å²) >= 11 is 0. The molecule has 1 aliphatic heterocycles. The number of hydrogen-bond acceptors (Lipinski definition) is 4. The third-order valence-corrected chi connectivity index (χ3v) is 4.19. The first kappa shape index (κ1) is 16.9. The van der Waals surface area contributed by atoms with Crippen LogP contribution < -0.4 is 5.73 Å². The van der Waals surface area contributed by atoms with E-state index in [1.165, 1.54) is 4.90 Å². The SMILES string of the molecule is C[C@@H](N)CN1C(=O)C(=O)C(=C(O)c2ccccc2)[C@H]1c1ccccc1. The molecule has 2 aromatic carbocycles. The largest absolute Gasteiger partial charge is 0.507 e. The van der Waals surface area contributed by atoms with Crippen molar-refractivity contribution in [3.8, 4) is 0 Å². The van der Waals surface area contributed by atoms with Gasteiger partial charge in [-0.25, -0.2) is 0 Å². The molecular formula is C20H20N2O3. The van der Waals surface area contributed by atoms with Crippen molar-refractivity contribution in [2.24, 2.45) is 5.73 Å². The van der Waals surface area contributed by atoms with Crippen LogP contribution in [0.3, 0.4) is 0 Å². The molecule has 3 N–H and O–H groups in total. The minimum absolute atomic E-state index is 0.100. The van der Waals surface area contributed by atoms with Crippen molar-refractivity contribution in [2.75, 3.05) is 6.54 Å². The van der Waals surface area contributed by atoms with Gasteiger partial charge in [0, 0.05) is 18.2 Å². The van der Waals surface area contributed by atoms with Gasteiger partial charge >= 0.3 is 0 Å². The van der Waals surface area contributed by atoms with E-state index in [-0.39, 0.29) is 23.9 Å². The van der Waals surface area contributed by atoms with Gasteiger partial charge in [-0.3, -0.25) is 9.59 Å². The summed E-state index contributed by atoms with van der Waals surface area (Å²) in [7, 11) is 0. The number of Topliss-reactive ketones (excluding diaryl/α,β-unsaturated/α-hetero) is 1. The third kappa shape index (κ3) is 3.19. The maximum Gasteiger partial charge on any atom is 0.295 e. The molecule has 0 spiro atoms. The number of aliphatic hydroxyl groups is 1. The first-order valence-corrected chi connectivity index (χ1v) is 8.15. The highest BCUT2D eigenvalue weighted by Gasteiger charge is 2.46. The molecule has 1 aliphatic rings. The summed E-state index contributed by atoms with van der Waals surface area (Å²) in [6.07, 6.45) is 0. The highest BCUT2D eigenvalue weighted by molar-refractivity contribution is 6.46. The molecular weight excluding hydrogens is 316 g/mol. The molecule has 0 aliphatic carbocycles. The van der Waals surface area contributed by atoms with Crippen molar-refractivity contribution >= 4 is 17.4 Å². The predicted molar refractivity (Wildman–Crippen MR) is 95.5 cm³/mol. The number of rotatable bonds is 4. The second-order valence-electron chi connectivity index (χ2n) is 6.21. The summed E-state index contributed by atoms with van der Waals surface area (Å²) in [4.78, 5) is 26.6. The molecule has 0 saturated carbocycles. The summed E-state index contributed by atoms with van der Waals surface area (Å²) in [6, 6.07) is 17.0. The van der Waals surface area contributed by atoms with E-state index >= 15 is 0 Å². The Hall–Kier alpha value is -2.92. The van der Waals surface area contributed by atoms with E-state index in [9.17, 15) is 14.7 Å². The Kier molecular flexibility index (Phi) is 4.67. The van der Waals surface area contributed by atoms with Crippen molar-refractivity contribution < 1.29 is 14.7 Å². The summed E-state index contributed by atoms with van der Waals surface area (Å²) < 4.78 is 0. The van der Waals surface area contributed by atoms with Crippen LogP contribution in [0.25, 0.3) is 5.76 Å². The van der Waals surface area contributed by atoms with Gasteiger partial charge in [0.05, 0.1) is 11.6 Å². The maximum absolute atomic E-state index is 12.6. The summed E-state index contributed by atoms with van der Waals surface area (Å²) in [5, 5.41) is 10.7. The van der Waals surface area contributed by atoms with Crippen molar-refractivity contribution in [1.29, 1.82) is 0 Å². The van der Waals surface area contributed by atoms with Crippen LogP contribution in [0.15, 0.2) is 66.2 Å². The fourth-order valence-electron chi connectivity index (χ4n) is 3.11. The average Bonchev–Trinajstić information content (AvgIpc) is 2.87. The van der Waals surface area contributed by atoms with Gasteiger partial charge in [0.2, 0.25) is 0 Å². The van der Waals surface area contributed by atoms with Gasteiger partial charge in [0.25, 0.3) is 11.7 Å². The fourth-order valence-corrected chi connectivity index (χ4v) is 3.11. The highest BCUT2D eigenvalue weighted by atomic mass is 16.3. The number of nitrogens with two attached hydrogens (primary N) is 1. The smallest absolute Gasteiger partial charge is 0.295 e. The fraction of sp³-hybridized carbons (Fsp3) is 0.200. The van der Waals surface area contributed by atoms with Gasteiger partial charge in [-0.15, -0.1) is 0 Å². The molecule has 2 aromatic rings. The van der Waals surface area contributed by atoms with Crippen LogP contribution in [0, 0.1) is 0 Å². The van der Waals surface area contributed by atoms with Crippen LogP contribution in [-0.4, -0.2) is 34.3 Å². The van der Waals surface area contributed by atoms with E-state index in [4.69, 9.17) is 5.73 Å². The topological polar surface area (TPSA) is 83.6 Å². The number of carbonyl (C=O) groups excluding carboxylic acids is 2. The van der Waals surface area contributed by atoms with Gasteiger partial charge in [-0.1, -0.05) is 60.7 Å². The number of amides is 1. The molecule has 0 radical (unpaired) electrons. The minimum atomic E-state index is -0.684. The Bertz CT molecular complexity index is 813. The second-order valence-corrected chi connectivity index (χ2v) is 6.21. The molecule has 5 heteroatoms. The van der Waals surface area contributed by atoms with Gasteiger partial charge in [0.1, 0.15) is 5.76 Å². The van der Waals surface area contributed by atoms with Crippen LogP contribution in [-0.2, 0) is 9.59 Å². The molecule has 5 nitrogen and oxygen atoms in total. The Balaban J connectivity index is 2.18. The number of carbonyl (C=O) groups is 2. The monoisotopic (exact) mass is 336 g/mol. The van der Waals surface area contributed by atoms with Crippen LogP contribution in [0.5, 0.6) is 0 Å². The summed E-state index contributed by atoms with van der Waals surface area (Å²) in [5.41, 5.74) is 7.23. The maximum atomic E-state index is 12.6. The number of hydrogen-bond donors (Lipinski definition) is 2. The first-order valence-electron chi connectivity index (χ1n) is 8.15. The highest BCUT2D eigenvalue weighted by Crippen LogP contribution is 2.39. The molecule has 0 aromatic heterocycles. The van der Waals surface area contributed by atoms with Gasteiger partial charge < -0.3 is 15.7 Å². The van der Waals surface area contributed by atoms with Crippen molar-refractivity contribution in [1.82, 2.24) is 4.90 Å². The van der Waals surface area contributed by atoms with Crippen LogP contribution >= 0.6 is 0 Å². The second kappa shape index (κ2) is 6.91. The number of likely N-dealkylation sites (tertiary alicyclic amines) is 1. The Morgan fingerprint density at radius 3 is 2.20 bits per heavy atom. The van der Waals surface area contributed by atoms with E-state index in [0.717, 1.165) is 5.56 Å². The number of benzene rings is 2. The predicted octanol–water partition coefficient (Wildman–Crippen LogP) is 2.46. The van der Waals surface area contributed by atoms with E-state index in [2.05, 4.69) is 0 Å². The third-order valence-electron chi connectivity index (χ3n) is 4.19. The lowest BCUT2D eigenvalue weighted by Crippen LogP contribution is -2.38. The molecule has 1 fully saturated rings. The molecule has 2 atom stereocenters. The average molecular weight is 336 g/mol. The van der Waals surface area contributed by atoms with Crippen LogP contribution in [0.1, 0.15) is 24.1 Å².